The molecule has 1 aromatic heterocycles. The summed E-state index contributed by atoms with van der Waals surface area (Å²) in [6, 6.07) is 3.61. The number of aryl methyl sites for hydroxylation is 1. The molecule has 5 nitrogen and oxygen atoms in total. The van der Waals surface area contributed by atoms with E-state index in [0.29, 0.717) is 17.1 Å². The Morgan fingerprint density at radius 2 is 1.84 bits per heavy atom. The highest BCUT2D eigenvalue weighted by molar-refractivity contribution is 6.35. The minimum Gasteiger partial charge on any atom is -0.493 e. The molecule has 0 saturated carbocycles. The number of hydrogen-bond acceptors (Lipinski definition) is 4. The van der Waals surface area contributed by atoms with Gasteiger partial charge in [0, 0.05) is 18.1 Å². The zero-order valence-corrected chi connectivity index (χ0v) is 14.7. The molecule has 1 amide bonds. The maximum Gasteiger partial charge on any atom is 0.256 e. The number of nitrogens with one attached hydrogen (secondary N) is 1. The quantitative estimate of drug-likeness (QED) is 0.860. The van der Waals surface area contributed by atoms with Crippen molar-refractivity contribution < 1.29 is 18.7 Å². The summed E-state index contributed by atoms with van der Waals surface area (Å²) in [5.41, 5.74) is 4.57. The second kappa shape index (κ2) is 5.99. The van der Waals surface area contributed by atoms with Crippen LogP contribution < -0.4 is 14.8 Å². The van der Waals surface area contributed by atoms with Crippen LogP contribution in [0.1, 0.15) is 41.1 Å². The molecule has 0 fully saturated rings. The lowest BCUT2D eigenvalue weighted by Crippen LogP contribution is -2.03. The normalized spacial score (nSPS) is 17.2. The third-order valence-electron chi connectivity index (χ3n) is 5.05. The molecule has 2 aromatic rings. The first kappa shape index (κ1) is 15.8. The summed E-state index contributed by atoms with van der Waals surface area (Å²) < 4.78 is 16.7. The van der Waals surface area contributed by atoms with Crippen molar-refractivity contribution in [2.24, 2.45) is 0 Å². The molecular formula is C20H21NO4. The Morgan fingerprint density at radius 3 is 2.56 bits per heavy atom. The lowest BCUT2D eigenvalue weighted by atomic mass is 9.95. The average Bonchev–Trinajstić information content (AvgIpc) is 3.11. The van der Waals surface area contributed by atoms with E-state index in [2.05, 4.69) is 12.2 Å². The molecule has 0 radical (unpaired) electrons. The lowest BCUT2D eigenvalue weighted by molar-refractivity contribution is -0.110. The molecule has 0 atom stereocenters. The zero-order valence-electron chi connectivity index (χ0n) is 14.7. The molecule has 5 heteroatoms. The highest BCUT2D eigenvalue weighted by Crippen LogP contribution is 2.42. The monoisotopic (exact) mass is 339 g/mol. The number of carbonyl (C=O) groups excluding carboxylic acids is 1. The van der Waals surface area contributed by atoms with Crippen LogP contribution in [0.3, 0.4) is 0 Å². The number of hydrogen-bond donors (Lipinski definition) is 1. The fourth-order valence-electron chi connectivity index (χ4n) is 3.67. The molecule has 1 aliphatic carbocycles. The summed E-state index contributed by atoms with van der Waals surface area (Å²) in [4.78, 5) is 12.5. The summed E-state index contributed by atoms with van der Waals surface area (Å²) in [6.07, 6.45) is 6.25. The van der Waals surface area contributed by atoms with Crippen LogP contribution in [0.25, 0.3) is 11.6 Å². The van der Waals surface area contributed by atoms with Gasteiger partial charge in [0.25, 0.3) is 5.91 Å². The van der Waals surface area contributed by atoms with Gasteiger partial charge in [-0.3, -0.25) is 4.79 Å². The van der Waals surface area contributed by atoms with Gasteiger partial charge in [-0.15, -0.1) is 0 Å². The summed E-state index contributed by atoms with van der Waals surface area (Å²) in [7, 11) is 3.16. The number of rotatable bonds is 3. The summed E-state index contributed by atoms with van der Waals surface area (Å²) in [5.74, 6) is 2.90. The Bertz CT molecular complexity index is 892. The van der Waals surface area contributed by atoms with Crippen molar-refractivity contribution in [3.63, 3.8) is 0 Å². The third-order valence-corrected chi connectivity index (χ3v) is 5.05. The highest BCUT2D eigenvalue weighted by Gasteiger charge is 2.28. The van der Waals surface area contributed by atoms with Gasteiger partial charge in [0.2, 0.25) is 0 Å². The van der Waals surface area contributed by atoms with Crippen molar-refractivity contribution in [1.29, 1.82) is 0 Å². The minimum atomic E-state index is -0.140. The van der Waals surface area contributed by atoms with Gasteiger partial charge in [0.15, 0.2) is 11.5 Å². The molecule has 1 aromatic carbocycles. The number of amides is 1. The first-order valence-corrected chi connectivity index (χ1v) is 8.53. The number of ether oxygens (including phenoxy) is 2. The number of benzene rings is 1. The van der Waals surface area contributed by atoms with Gasteiger partial charge >= 0.3 is 0 Å². The molecule has 2 heterocycles. The summed E-state index contributed by atoms with van der Waals surface area (Å²) >= 11 is 0. The van der Waals surface area contributed by atoms with E-state index in [4.69, 9.17) is 13.9 Å². The van der Waals surface area contributed by atoms with Crippen LogP contribution in [0.2, 0.25) is 0 Å². The van der Waals surface area contributed by atoms with Gasteiger partial charge in [-0.25, -0.2) is 0 Å². The molecular weight excluding hydrogens is 318 g/mol. The number of fused-ring (bicyclic) bond motifs is 2. The predicted molar refractivity (Wildman–Crippen MR) is 96.1 cm³/mol. The smallest absolute Gasteiger partial charge is 0.256 e. The second-order valence-corrected chi connectivity index (χ2v) is 6.47. The van der Waals surface area contributed by atoms with E-state index in [1.807, 2.05) is 12.1 Å². The maximum absolute atomic E-state index is 12.5. The Balaban J connectivity index is 1.81. The van der Waals surface area contributed by atoms with Crippen LogP contribution in [0, 0.1) is 6.92 Å². The lowest BCUT2D eigenvalue weighted by Gasteiger charge is -2.09. The van der Waals surface area contributed by atoms with Gasteiger partial charge in [0.05, 0.1) is 25.5 Å². The largest absolute Gasteiger partial charge is 0.493 e. The van der Waals surface area contributed by atoms with Crippen molar-refractivity contribution in [1.82, 2.24) is 0 Å². The van der Waals surface area contributed by atoms with Gasteiger partial charge in [-0.2, -0.15) is 0 Å². The van der Waals surface area contributed by atoms with Crippen LogP contribution in [0.5, 0.6) is 11.5 Å². The van der Waals surface area contributed by atoms with Crippen molar-refractivity contribution in [3.8, 4) is 11.5 Å². The molecule has 2 aliphatic rings. The van der Waals surface area contributed by atoms with Gasteiger partial charge in [-0.1, -0.05) is 0 Å². The van der Waals surface area contributed by atoms with Crippen molar-refractivity contribution in [2.45, 2.75) is 32.6 Å². The van der Waals surface area contributed by atoms with Gasteiger partial charge < -0.3 is 19.2 Å². The molecule has 25 heavy (non-hydrogen) atoms. The van der Waals surface area contributed by atoms with Crippen molar-refractivity contribution in [3.05, 3.63) is 40.3 Å². The molecule has 0 bridgehead atoms. The van der Waals surface area contributed by atoms with E-state index in [-0.39, 0.29) is 5.91 Å². The standard InChI is InChI=1S/C20H21NO4/c1-11-12-6-4-5-7-16(12)25-17(11)9-14-13-8-18(23-2)19(24-3)10-15(13)21-20(14)22/h8-10H,4-7H2,1-3H3,(H,21,22). The first-order valence-electron chi connectivity index (χ1n) is 8.53. The molecule has 1 aliphatic heterocycles. The first-order chi connectivity index (χ1) is 12.1. The van der Waals surface area contributed by atoms with Crippen molar-refractivity contribution >= 4 is 23.2 Å². The van der Waals surface area contributed by atoms with Crippen LogP contribution in [-0.4, -0.2) is 20.1 Å². The van der Waals surface area contributed by atoms with Crippen LogP contribution in [-0.2, 0) is 17.6 Å². The fraction of sp³-hybridized carbons (Fsp3) is 0.350. The second-order valence-electron chi connectivity index (χ2n) is 6.47. The molecule has 130 valence electrons. The van der Waals surface area contributed by atoms with E-state index in [1.165, 1.54) is 12.0 Å². The molecule has 4 rings (SSSR count). The van der Waals surface area contributed by atoms with Crippen LogP contribution in [0.4, 0.5) is 5.69 Å². The summed E-state index contributed by atoms with van der Waals surface area (Å²) in [6.45, 7) is 2.07. The molecule has 1 N–H and O–H groups in total. The number of anilines is 1. The SMILES string of the molecule is COc1cc2c(cc1OC)C(=Cc1oc3c(c1C)CCCC3)C(=O)N2. The van der Waals surface area contributed by atoms with E-state index < -0.39 is 0 Å². The fourth-order valence-corrected chi connectivity index (χ4v) is 3.67. The highest BCUT2D eigenvalue weighted by atomic mass is 16.5. The maximum atomic E-state index is 12.5. The molecule has 0 saturated heterocycles. The van der Waals surface area contributed by atoms with E-state index in [0.717, 1.165) is 47.6 Å². The van der Waals surface area contributed by atoms with Crippen LogP contribution in [0.15, 0.2) is 16.5 Å². The Hall–Kier alpha value is -2.69. The van der Waals surface area contributed by atoms with Gasteiger partial charge in [-0.05, 0) is 49.5 Å². The Kier molecular flexibility index (Phi) is 3.79. The summed E-state index contributed by atoms with van der Waals surface area (Å²) in [5, 5.41) is 2.89. The van der Waals surface area contributed by atoms with Crippen molar-refractivity contribution in [2.75, 3.05) is 19.5 Å². The topological polar surface area (TPSA) is 60.7 Å². The Labute approximate surface area is 146 Å². The number of furan rings is 1. The van der Waals surface area contributed by atoms with E-state index >= 15 is 0 Å². The van der Waals surface area contributed by atoms with E-state index in [9.17, 15) is 4.79 Å². The Morgan fingerprint density at radius 1 is 1.12 bits per heavy atom. The van der Waals surface area contributed by atoms with E-state index in [1.54, 1.807) is 20.3 Å². The minimum absolute atomic E-state index is 0.140. The average molecular weight is 339 g/mol. The third kappa shape index (κ3) is 2.51. The van der Waals surface area contributed by atoms with Gasteiger partial charge in [0.1, 0.15) is 11.5 Å². The van der Waals surface area contributed by atoms with Crippen LogP contribution >= 0.6 is 0 Å². The molecule has 0 unspecified atom stereocenters. The zero-order chi connectivity index (χ0) is 17.6. The molecule has 0 spiro atoms. The predicted octanol–water partition coefficient (Wildman–Crippen LogP) is 3.98. The number of methoxy groups -OCH3 is 2. The number of carbonyl (C=O) groups is 1.